The summed E-state index contributed by atoms with van der Waals surface area (Å²) in [6.45, 7) is 3.62. The van der Waals surface area contributed by atoms with E-state index >= 15 is 0 Å². The fraction of sp³-hybridized carbons (Fsp3) is 0. The molecule has 0 aliphatic carbocycles. The van der Waals surface area contributed by atoms with Crippen LogP contribution in [0.15, 0.2) is 49.0 Å². The number of carboxylic acid groups (broad SMARTS) is 1. The Balaban J connectivity index is 2.71. The van der Waals surface area contributed by atoms with Gasteiger partial charge in [-0.3, -0.25) is 0 Å². The highest BCUT2D eigenvalue weighted by atomic mass is 16.4. The molecular weight excluding hydrogens is 228 g/mol. The maximum absolute atomic E-state index is 11.1. The topological polar surface area (TPSA) is 57.5 Å². The lowest BCUT2D eigenvalue weighted by Gasteiger charge is -2.09. The second-order valence-electron chi connectivity index (χ2n) is 3.84. The second-order valence-corrected chi connectivity index (χ2v) is 3.84. The predicted octanol–water partition coefficient (Wildman–Crippen LogP) is 3.40. The van der Waals surface area contributed by atoms with Gasteiger partial charge in [0.15, 0.2) is 0 Å². The number of carboxylic acids is 1. The highest BCUT2D eigenvalue weighted by molar-refractivity contribution is 5.95. The molecule has 3 heteroatoms. The average molecular weight is 240 g/mol. The van der Waals surface area contributed by atoms with Gasteiger partial charge in [0.05, 0.1) is 0 Å². The van der Waals surface area contributed by atoms with Gasteiger partial charge in [0, 0.05) is 5.56 Å². The number of aromatic hydroxyl groups is 1. The van der Waals surface area contributed by atoms with Crippen molar-refractivity contribution in [3.8, 4) is 16.9 Å². The van der Waals surface area contributed by atoms with E-state index in [0.29, 0.717) is 11.1 Å². The lowest BCUT2D eigenvalue weighted by Crippen LogP contribution is -1.98. The van der Waals surface area contributed by atoms with Crippen LogP contribution in [0.5, 0.6) is 5.75 Å². The SMILES string of the molecule is C=Cc1cc(C(=O)O)c(O)c(-c2ccccc2)c1. The number of benzene rings is 2. The summed E-state index contributed by atoms with van der Waals surface area (Å²) in [4.78, 5) is 11.1. The van der Waals surface area contributed by atoms with Crippen molar-refractivity contribution >= 4 is 12.0 Å². The fourth-order valence-electron chi connectivity index (χ4n) is 1.78. The first-order valence-electron chi connectivity index (χ1n) is 5.41. The maximum Gasteiger partial charge on any atom is 0.339 e. The van der Waals surface area contributed by atoms with Gasteiger partial charge in [0.25, 0.3) is 0 Å². The van der Waals surface area contributed by atoms with Crippen molar-refractivity contribution in [2.75, 3.05) is 0 Å². The van der Waals surface area contributed by atoms with Gasteiger partial charge in [-0.2, -0.15) is 0 Å². The second kappa shape index (κ2) is 4.75. The first-order chi connectivity index (χ1) is 8.63. The smallest absolute Gasteiger partial charge is 0.339 e. The van der Waals surface area contributed by atoms with Crippen LogP contribution in [0, 0.1) is 0 Å². The van der Waals surface area contributed by atoms with Crippen molar-refractivity contribution in [2.24, 2.45) is 0 Å². The first kappa shape index (κ1) is 11.9. The Kier molecular flexibility index (Phi) is 3.15. The summed E-state index contributed by atoms with van der Waals surface area (Å²) in [6.07, 6.45) is 1.55. The standard InChI is InChI=1S/C15H12O3/c1-2-10-8-12(11-6-4-3-5-7-11)14(16)13(9-10)15(17)18/h2-9,16H,1H2,(H,17,18). The van der Waals surface area contributed by atoms with Gasteiger partial charge < -0.3 is 10.2 Å². The van der Waals surface area contributed by atoms with E-state index in [0.717, 1.165) is 5.56 Å². The van der Waals surface area contributed by atoms with E-state index in [-0.39, 0.29) is 11.3 Å². The number of hydrogen-bond donors (Lipinski definition) is 2. The van der Waals surface area contributed by atoms with E-state index in [4.69, 9.17) is 5.11 Å². The normalized spacial score (nSPS) is 10.0. The summed E-state index contributed by atoms with van der Waals surface area (Å²) in [5.74, 6) is -1.38. The van der Waals surface area contributed by atoms with Gasteiger partial charge in [0.1, 0.15) is 11.3 Å². The number of hydrogen-bond acceptors (Lipinski definition) is 2. The molecule has 0 atom stereocenters. The zero-order valence-corrected chi connectivity index (χ0v) is 9.63. The third kappa shape index (κ3) is 2.11. The summed E-state index contributed by atoms with van der Waals surface area (Å²) in [6, 6.07) is 12.3. The molecule has 0 spiro atoms. The Morgan fingerprint density at radius 2 is 1.83 bits per heavy atom. The van der Waals surface area contributed by atoms with Crippen molar-refractivity contribution in [1.82, 2.24) is 0 Å². The molecule has 0 radical (unpaired) electrons. The zero-order chi connectivity index (χ0) is 13.1. The van der Waals surface area contributed by atoms with E-state index in [9.17, 15) is 9.90 Å². The molecule has 0 bridgehead atoms. The molecule has 3 nitrogen and oxygen atoms in total. The molecule has 2 N–H and O–H groups in total. The van der Waals surface area contributed by atoms with Crippen LogP contribution in [0.25, 0.3) is 17.2 Å². The molecule has 18 heavy (non-hydrogen) atoms. The molecule has 0 fully saturated rings. The molecule has 0 heterocycles. The number of rotatable bonds is 3. The van der Waals surface area contributed by atoms with Gasteiger partial charge in [-0.25, -0.2) is 4.79 Å². The Bertz CT molecular complexity index is 601. The van der Waals surface area contributed by atoms with Crippen LogP contribution in [0.1, 0.15) is 15.9 Å². The van der Waals surface area contributed by atoms with Gasteiger partial charge in [-0.05, 0) is 23.3 Å². The van der Waals surface area contributed by atoms with E-state index in [1.54, 1.807) is 12.1 Å². The summed E-state index contributed by atoms with van der Waals surface area (Å²) in [5, 5.41) is 19.1. The van der Waals surface area contributed by atoms with Gasteiger partial charge >= 0.3 is 5.97 Å². The minimum absolute atomic E-state index is 0.119. The number of aromatic carboxylic acids is 1. The van der Waals surface area contributed by atoms with Crippen LogP contribution in [-0.2, 0) is 0 Å². The molecule has 2 aromatic carbocycles. The van der Waals surface area contributed by atoms with Crippen LogP contribution >= 0.6 is 0 Å². The number of carbonyl (C=O) groups is 1. The van der Waals surface area contributed by atoms with E-state index in [2.05, 4.69) is 6.58 Å². The van der Waals surface area contributed by atoms with Crippen LogP contribution in [0.2, 0.25) is 0 Å². The molecule has 0 aliphatic heterocycles. The maximum atomic E-state index is 11.1. The van der Waals surface area contributed by atoms with Crippen molar-refractivity contribution in [3.05, 3.63) is 60.2 Å². The van der Waals surface area contributed by atoms with Crippen LogP contribution in [0.3, 0.4) is 0 Å². The molecule has 0 unspecified atom stereocenters. The Morgan fingerprint density at radius 3 is 2.39 bits per heavy atom. The highest BCUT2D eigenvalue weighted by Crippen LogP contribution is 2.33. The predicted molar refractivity (Wildman–Crippen MR) is 70.6 cm³/mol. The van der Waals surface area contributed by atoms with E-state index < -0.39 is 5.97 Å². The summed E-state index contributed by atoms with van der Waals surface area (Å²) in [7, 11) is 0. The molecular formula is C15H12O3. The van der Waals surface area contributed by atoms with Gasteiger partial charge in [-0.15, -0.1) is 0 Å². The molecule has 0 saturated carbocycles. The highest BCUT2D eigenvalue weighted by Gasteiger charge is 2.15. The molecule has 0 aliphatic rings. The molecule has 0 amide bonds. The van der Waals surface area contributed by atoms with Crippen LogP contribution < -0.4 is 0 Å². The molecule has 0 saturated heterocycles. The third-order valence-corrected chi connectivity index (χ3v) is 2.68. The average Bonchev–Trinajstić information content (AvgIpc) is 2.39. The van der Waals surface area contributed by atoms with Gasteiger partial charge in [0.2, 0.25) is 0 Å². The van der Waals surface area contributed by atoms with E-state index in [1.165, 1.54) is 6.07 Å². The fourth-order valence-corrected chi connectivity index (χ4v) is 1.78. The Labute approximate surface area is 105 Å². The van der Waals surface area contributed by atoms with Crippen molar-refractivity contribution in [1.29, 1.82) is 0 Å². The Hall–Kier alpha value is -2.55. The molecule has 0 aromatic heterocycles. The molecule has 2 aromatic rings. The lowest BCUT2D eigenvalue weighted by molar-refractivity contribution is 0.0694. The Morgan fingerprint density at radius 1 is 1.17 bits per heavy atom. The number of phenols is 1. The van der Waals surface area contributed by atoms with Crippen LogP contribution in [0.4, 0.5) is 0 Å². The van der Waals surface area contributed by atoms with Crippen molar-refractivity contribution < 1.29 is 15.0 Å². The zero-order valence-electron chi connectivity index (χ0n) is 9.63. The summed E-state index contributed by atoms with van der Waals surface area (Å²) >= 11 is 0. The summed E-state index contributed by atoms with van der Waals surface area (Å²) in [5.41, 5.74) is 1.79. The minimum Gasteiger partial charge on any atom is -0.506 e. The van der Waals surface area contributed by atoms with Crippen LogP contribution in [-0.4, -0.2) is 16.2 Å². The quantitative estimate of drug-likeness (QED) is 0.864. The van der Waals surface area contributed by atoms with Crippen molar-refractivity contribution in [3.63, 3.8) is 0 Å². The summed E-state index contributed by atoms with van der Waals surface area (Å²) < 4.78 is 0. The van der Waals surface area contributed by atoms with E-state index in [1.807, 2.05) is 30.3 Å². The minimum atomic E-state index is -1.16. The first-order valence-corrected chi connectivity index (χ1v) is 5.41. The van der Waals surface area contributed by atoms with Crippen molar-refractivity contribution in [2.45, 2.75) is 0 Å². The molecule has 2 rings (SSSR count). The van der Waals surface area contributed by atoms with Gasteiger partial charge in [-0.1, -0.05) is 43.0 Å². The third-order valence-electron chi connectivity index (χ3n) is 2.68. The largest absolute Gasteiger partial charge is 0.506 e. The molecule has 90 valence electrons. The monoisotopic (exact) mass is 240 g/mol. The lowest BCUT2D eigenvalue weighted by atomic mass is 9.98.